The molecule has 0 aromatic carbocycles. The molecule has 0 aliphatic carbocycles. The van der Waals surface area contributed by atoms with Crippen LogP contribution < -0.4 is 5.32 Å². The topological polar surface area (TPSA) is 15.3 Å². The van der Waals surface area contributed by atoms with E-state index in [0.29, 0.717) is 6.04 Å². The van der Waals surface area contributed by atoms with Gasteiger partial charge in [-0.3, -0.25) is 0 Å². The molecule has 1 heterocycles. The van der Waals surface area contributed by atoms with Gasteiger partial charge in [-0.2, -0.15) is 0 Å². The van der Waals surface area contributed by atoms with Crippen molar-refractivity contribution in [3.05, 3.63) is 0 Å². The van der Waals surface area contributed by atoms with Crippen molar-refractivity contribution in [2.45, 2.75) is 59.5 Å². The van der Waals surface area contributed by atoms with Crippen LogP contribution in [0.5, 0.6) is 0 Å². The van der Waals surface area contributed by atoms with Crippen molar-refractivity contribution >= 4 is 0 Å². The lowest BCUT2D eigenvalue weighted by molar-refractivity contribution is 0.185. The van der Waals surface area contributed by atoms with Crippen molar-refractivity contribution < 1.29 is 0 Å². The Bertz CT molecular complexity index is 189. The van der Waals surface area contributed by atoms with Gasteiger partial charge in [0.05, 0.1) is 0 Å². The second-order valence-electron chi connectivity index (χ2n) is 6.10. The van der Waals surface area contributed by atoms with Crippen LogP contribution in [0.3, 0.4) is 0 Å². The van der Waals surface area contributed by atoms with E-state index >= 15 is 0 Å². The van der Waals surface area contributed by atoms with E-state index in [2.05, 4.69) is 44.8 Å². The molecule has 2 nitrogen and oxygen atoms in total. The third-order valence-corrected chi connectivity index (χ3v) is 3.75. The summed E-state index contributed by atoms with van der Waals surface area (Å²) < 4.78 is 0. The highest BCUT2D eigenvalue weighted by Gasteiger charge is 2.23. The van der Waals surface area contributed by atoms with Gasteiger partial charge in [0.1, 0.15) is 0 Å². The zero-order valence-corrected chi connectivity index (χ0v) is 11.8. The van der Waals surface area contributed by atoms with Gasteiger partial charge in [0, 0.05) is 18.6 Å². The molecule has 1 fully saturated rings. The molecular weight excluding hydrogens is 196 g/mol. The number of hydrogen-bond donors (Lipinski definition) is 1. The molecule has 0 saturated carbocycles. The monoisotopic (exact) mass is 226 g/mol. The molecule has 1 aliphatic rings. The lowest BCUT2D eigenvalue weighted by atomic mass is 10.00. The highest BCUT2D eigenvalue weighted by atomic mass is 15.1. The molecule has 96 valence electrons. The minimum atomic E-state index is 0.680. The largest absolute Gasteiger partial charge is 0.314 e. The van der Waals surface area contributed by atoms with Crippen LogP contribution in [0.2, 0.25) is 0 Å². The normalized spacial score (nSPS) is 26.2. The first-order valence-corrected chi connectivity index (χ1v) is 6.98. The maximum absolute atomic E-state index is 3.63. The van der Waals surface area contributed by atoms with Crippen molar-refractivity contribution in [1.82, 2.24) is 10.2 Å². The van der Waals surface area contributed by atoms with Gasteiger partial charge in [-0.15, -0.1) is 0 Å². The minimum Gasteiger partial charge on any atom is -0.314 e. The standard InChI is InChI=1S/C14H30N2/c1-11(2)10-16(12(3)4)9-7-14-13(5)6-8-15-14/h11-15H,6-10H2,1-5H3. The van der Waals surface area contributed by atoms with Gasteiger partial charge >= 0.3 is 0 Å². The van der Waals surface area contributed by atoms with Gasteiger partial charge in [-0.25, -0.2) is 0 Å². The summed E-state index contributed by atoms with van der Waals surface area (Å²) in [6.07, 6.45) is 2.67. The zero-order valence-electron chi connectivity index (χ0n) is 11.8. The van der Waals surface area contributed by atoms with Crippen LogP contribution in [-0.4, -0.2) is 36.6 Å². The third-order valence-electron chi connectivity index (χ3n) is 3.75. The molecule has 0 radical (unpaired) electrons. The van der Waals surface area contributed by atoms with Crippen LogP contribution in [0.1, 0.15) is 47.5 Å². The highest BCUT2D eigenvalue weighted by Crippen LogP contribution is 2.18. The fourth-order valence-corrected chi connectivity index (χ4v) is 2.62. The maximum atomic E-state index is 3.63. The Balaban J connectivity index is 2.31. The number of hydrogen-bond acceptors (Lipinski definition) is 2. The molecule has 1 N–H and O–H groups in total. The summed E-state index contributed by atoms with van der Waals surface area (Å²) in [5, 5.41) is 3.63. The zero-order chi connectivity index (χ0) is 12.1. The van der Waals surface area contributed by atoms with E-state index in [1.165, 1.54) is 32.5 Å². The Morgan fingerprint density at radius 3 is 2.38 bits per heavy atom. The number of nitrogens with one attached hydrogen (secondary N) is 1. The van der Waals surface area contributed by atoms with Crippen LogP contribution in [0.25, 0.3) is 0 Å². The molecule has 0 aromatic heterocycles. The van der Waals surface area contributed by atoms with E-state index in [-0.39, 0.29) is 0 Å². The van der Waals surface area contributed by atoms with E-state index in [1.54, 1.807) is 0 Å². The minimum absolute atomic E-state index is 0.680. The van der Waals surface area contributed by atoms with Crippen molar-refractivity contribution in [1.29, 1.82) is 0 Å². The second kappa shape index (κ2) is 6.61. The van der Waals surface area contributed by atoms with Crippen molar-refractivity contribution in [2.24, 2.45) is 11.8 Å². The molecule has 2 atom stereocenters. The summed E-state index contributed by atoms with van der Waals surface area (Å²) in [6, 6.07) is 1.44. The van der Waals surface area contributed by atoms with Gasteiger partial charge in [-0.05, 0) is 51.6 Å². The number of rotatable bonds is 6. The Morgan fingerprint density at radius 2 is 1.94 bits per heavy atom. The number of nitrogens with zero attached hydrogens (tertiary/aromatic N) is 1. The first-order valence-electron chi connectivity index (χ1n) is 6.98. The van der Waals surface area contributed by atoms with Crippen molar-refractivity contribution in [2.75, 3.05) is 19.6 Å². The molecule has 16 heavy (non-hydrogen) atoms. The second-order valence-corrected chi connectivity index (χ2v) is 6.10. The summed E-state index contributed by atoms with van der Waals surface area (Å²) in [7, 11) is 0. The van der Waals surface area contributed by atoms with Crippen LogP contribution in [-0.2, 0) is 0 Å². The molecule has 0 aromatic rings. The quantitative estimate of drug-likeness (QED) is 0.749. The van der Waals surface area contributed by atoms with Gasteiger partial charge in [0.25, 0.3) is 0 Å². The van der Waals surface area contributed by atoms with Crippen LogP contribution >= 0.6 is 0 Å². The maximum Gasteiger partial charge on any atom is 0.0105 e. The Morgan fingerprint density at radius 1 is 1.25 bits per heavy atom. The summed E-state index contributed by atoms with van der Waals surface area (Å²) in [5.41, 5.74) is 0. The summed E-state index contributed by atoms with van der Waals surface area (Å²) >= 11 is 0. The molecule has 1 saturated heterocycles. The van der Waals surface area contributed by atoms with Crippen molar-refractivity contribution in [3.63, 3.8) is 0 Å². The first-order chi connectivity index (χ1) is 7.50. The van der Waals surface area contributed by atoms with Crippen LogP contribution in [0.4, 0.5) is 0 Å². The Kier molecular flexibility index (Phi) is 5.77. The van der Waals surface area contributed by atoms with Gasteiger partial charge in [0.15, 0.2) is 0 Å². The molecule has 2 heteroatoms. The molecule has 0 spiro atoms. The molecule has 2 unspecified atom stereocenters. The SMILES string of the molecule is CC(C)CN(CCC1NCCC1C)C(C)C. The van der Waals surface area contributed by atoms with E-state index in [9.17, 15) is 0 Å². The highest BCUT2D eigenvalue weighted by molar-refractivity contribution is 4.82. The van der Waals surface area contributed by atoms with E-state index in [0.717, 1.165) is 17.9 Å². The van der Waals surface area contributed by atoms with E-state index < -0.39 is 0 Å². The van der Waals surface area contributed by atoms with Crippen LogP contribution in [0.15, 0.2) is 0 Å². The fraction of sp³-hybridized carbons (Fsp3) is 1.00. The van der Waals surface area contributed by atoms with Crippen LogP contribution in [0, 0.1) is 11.8 Å². The van der Waals surface area contributed by atoms with Gasteiger partial charge in [-0.1, -0.05) is 20.8 Å². The smallest absolute Gasteiger partial charge is 0.0105 e. The average molecular weight is 226 g/mol. The van der Waals surface area contributed by atoms with Gasteiger partial charge < -0.3 is 10.2 Å². The lowest BCUT2D eigenvalue weighted by Gasteiger charge is -2.30. The lowest BCUT2D eigenvalue weighted by Crippen LogP contribution is -2.38. The Hall–Kier alpha value is -0.0800. The first kappa shape index (κ1) is 14.0. The third kappa shape index (κ3) is 4.42. The molecular formula is C14H30N2. The molecule has 0 bridgehead atoms. The average Bonchev–Trinajstić information content (AvgIpc) is 2.57. The summed E-state index contributed by atoms with van der Waals surface area (Å²) in [5.74, 6) is 1.64. The Labute approximate surface area is 102 Å². The van der Waals surface area contributed by atoms with Crippen molar-refractivity contribution in [3.8, 4) is 0 Å². The summed E-state index contributed by atoms with van der Waals surface area (Å²) in [6.45, 7) is 15.3. The molecule has 0 amide bonds. The summed E-state index contributed by atoms with van der Waals surface area (Å²) in [4.78, 5) is 2.62. The predicted octanol–water partition coefficient (Wildman–Crippen LogP) is 2.74. The predicted molar refractivity (Wildman–Crippen MR) is 71.7 cm³/mol. The van der Waals surface area contributed by atoms with Gasteiger partial charge in [0.2, 0.25) is 0 Å². The van der Waals surface area contributed by atoms with E-state index in [4.69, 9.17) is 0 Å². The fourth-order valence-electron chi connectivity index (χ4n) is 2.62. The molecule has 1 aliphatic heterocycles. The van der Waals surface area contributed by atoms with E-state index in [1.807, 2.05) is 0 Å². The molecule has 1 rings (SSSR count).